The van der Waals surface area contributed by atoms with E-state index < -0.39 is 16.1 Å². The van der Waals surface area contributed by atoms with Gasteiger partial charge in [0, 0.05) is 4.47 Å². The topological polar surface area (TPSA) is 55.4 Å². The Hall–Kier alpha value is -4.23. The lowest BCUT2D eigenvalue weighted by Gasteiger charge is -2.22. The maximum atomic E-state index is 14.0. The van der Waals surface area contributed by atoms with Crippen LogP contribution >= 0.6 is 15.9 Å². The van der Waals surface area contributed by atoms with Crippen LogP contribution in [0.5, 0.6) is 5.75 Å². The summed E-state index contributed by atoms with van der Waals surface area (Å²) in [5, 5.41) is 0. The minimum absolute atomic E-state index is 0.228. The van der Waals surface area contributed by atoms with Crippen LogP contribution in [0.25, 0.3) is 17.2 Å². The van der Waals surface area contributed by atoms with E-state index in [9.17, 15) is 8.42 Å². The molecule has 1 atom stereocenters. The van der Waals surface area contributed by atoms with Crippen molar-refractivity contribution >= 4 is 43.2 Å². The number of fused-ring (bicyclic) bond motifs is 1. The van der Waals surface area contributed by atoms with E-state index in [-0.39, 0.29) is 4.90 Å². The summed E-state index contributed by atoms with van der Waals surface area (Å²) in [6.45, 7) is 1.94. The molecule has 0 bridgehead atoms. The van der Waals surface area contributed by atoms with Gasteiger partial charge in [-0.2, -0.15) is 4.72 Å². The fraction of sp³-hybridized carbons (Fsp3) is 0.0811. The van der Waals surface area contributed by atoms with Crippen molar-refractivity contribution in [2.24, 2.45) is 0 Å². The molecule has 6 heteroatoms. The van der Waals surface area contributed by atoms with Gasteiger partial charge in [0.05, 0.1) is 18.0 Å². The largest absolute Gasteiger partial charge is 0.497 e. The smallest absolute Gasteiger partial charge is 0.241 e. The highest BCUT2D eigenvalue weighted by Gasteiger charge is 2.37. The molecule has 0 saturated carbocycles. The first-order chi connectivity index (χ1) is 20.8. The highest BCUT2D eigenvalue weighted by Crippen LogP contribution is 2.50. The van der Waals surface area contributed by atoms with Gasteiger partial charge in [0.2, 0.25) is 10.0 Å². The third kappa shape index (κ3) is 6.00. The molecular formula is C37H30BrNO3S. The van der Waals surface area contributed by atoms with E-state index in [1.807, 2.05) is 104 Å². The Labute approximate surface area is 261 Å². The van der Waals surface area contributed by atoms with Gasteiger partial charge in [0.15, 0.2) is 0 Å². The van der Waals surface area contributed by atoms with Gasteiger partial charge in [0.25, 0.3) is 0 Å². The normalized spacial score (nSPS) is 15.0. The first-order valence-corrected chi connectivity index (χ1v) is 16.2. The molecule has 5 aromatic rings. The molecule has 0 aromatic heterocycles. The molecule has 5 aromatic carbocycles. The molecule has 1 unspecified atom stereocenters. The zero-order valence-corrected chi connectivity index (χ0v) is 26.2. The fourth-order valence-electron chi connectivity index (χ4n) is 5.50. The SMILES string of the molecule is COc1ccc(/C(=C\c2ccc(Br)cc2)C2=C(c3ccccc3)c3ccccc3C2NS(=O)(=O)c2ccc(C)cc2)cc1. The molecule has 0 aliphatic heterocycles. The first kappa shape index (κ1) is 28.9. The molecule has 0 fully saturated rings. The number of sulfonamides is 1. The summed E-state index contributed by atoms with van der Waals surface area (Å²) in [4.78, 5) is 0.228. The number of nitrogens with one attached hydrogen (secondary N) is 1. The molecular weight excluding hydrogens is 618 g/mol. The molecule has 214 valence electrons. The van der Waals surface area contributed by atoms with E-state index in [4.69, 9.17) is 4.74 Å². The maximum Gasteiger partial charge on any atom is 0.241 e. The molecule has 1 N–H and O–H groups in total. The van der Waals surface area contributed by atoms with E-state index in [1.54, 1.807) is 19.2 Å². The number of ether oxygens (including phenoxy) is 1. The average molecular weight is 649 g/mol. The van der Waals surface area contributed by atoms with Crippen LogP contribution in [0.2, 0.25) is 0 Å². The van der Waals surface area contributed by atoms with E-state index in [0.29, 0.717) is 0 Å². The molecule has 1 aliphatic rings. The summed E-state index contributed by atoms with van der Waals surface area (Å²) < 4.78 is 37.5. The minimum atomic E-state index is -3.88. The van der Waals surface area contributed by atoms with Crippen LogP contribution in [-0.4, -0.2) is 15.5 Å². The molecule has 1 aliphatic carbocycles. The van der Waals surface area contributed by atoms with Gasteiger partial charge in [0.1, 0.15) is 5.75 Å². The Bertz CT molecular complexity index is 1930. The standard InChI is InChI=1S/C37H30BrNO3S/c1-25-12-22-31(23-13-25)43(40,41)39-37-33-11-7-6-10-32(33)35(28-8-4-3-5-9-28)36(37)34(24-26-14-18-29(38)19-15-26)27-16-20-30(42-2)21-17-27/h3-24,37,39H,1-2H3/b34-24+. The molecule has 0 radical (unpaired) electrons. The molecule has 0 heterocycles. The number of aryl methyl sites for hydroxylation is 1. The lowest BCUT2D eigenvalue weighted by atomic mass is 9.88. The third-order valence-electron chi connectivity index (χ3n) is 7.64. The number of benzene rings is 5. The molecule has 0 saturated heterocycles. The number of hydrogen-bond donors (Lipinski definition) is 1. The van der Waals surface area contributed by atoms with E-state index in [1.165, 1.54) is 0 Å². The highest BCUT2D eigenvalue weighted by molar-refractivity contribution is 9.10. The van der Waals surface area contributed by atoms with Crippen LogP contribution < -0.4 is 9.46 Å². The Balaban J connectivity index is 1.63. The van der Waals surface area contributed by atoms with Gasteiger partial charge in [-0.05, 0) is 93.9 Å². The predicted molar refractivity (Wildman–Crippen MR) is 178 cm³/mol. The average Bonchev–Trinajstić information content (AvgIpc) is 3.34. The van der Waals surface area contributed by atoms with Gasteiger partial charge in [-0.15, -0.1) is 0 Å². The second kappa shape index (κ2) is 12.2. The van der Waals surface area contributed by atoms with Gasteiger partial charge in [-0.3, -0.25) is 0 Å². The Kier molecular flexibility index (Phi) is 8.17. The van der Waals surface area contributed by atoms with Crippen molar-refractivity contribution in [1.29, 1.82) is 0 Å². The van der Waals surface area contributed by atoms with Crippen molar-refractivity contribution in [2.75, 3.05) is 7.11 Å². The van der Waals surface area contributed by atoms with Crippen molar-refractivity contribution in [2.45, 2.75) is 17.9 Å². The van der Waals surface area contributed by atoms with Crippen LogP contribution in [-0.2, 0) is 10.0 Å². The zero-order chi connectivity index (χ0) is 30.0. The zero-order valence-electron chi connectivity index (χ0n) is 23.8. The molecule has 0 amide bonds. The van der Waals surface area contributed by atoms with Gasteiger partial charge in [-0.25, -0.2) is 8.42 Å². The lowest BCUT2D eigenvalue weighted by Crippen LogP contribution is -2.29. The van der Waals surface area contributed by atoms with Crippen molar-refractivity contribution in [1.82, 2.24) is 4.72 Å². The van der Waals surface area contributed by atoms with Crippen molar-refractivity contribution in [3.8, 4) is 5.75 Å². The number of hydrogen-bond acceptors (Lipinski definition) is 3. The fourth-order valence-corrected chi connectivity index (χ4v) is 6.95. The lowest BCUT2D eigenvalue weighted by molar-refractivity contribution is 0.415. The first-order valence-electron chi connectivity index (χ1n) is 13.9. The van der Waals surface area contributed by atoms with Crippen molar-refractivity contribution in [3.05, 3.63) is 171 Å². The molecule has 6 rings (SSSR count). The Morgan fingerprint density at radius 2 is 1.44 bits per heavy atom. The molecule has 4 nitrogen and oxygen atoms in total. The van der Waals surface area contributed by atoms with Crippen LogP contribution in [0.15, 0.2) is 142 Å². The molecule has 43 heavy (non-hydrogen) atoms. The second-order valence-corrected chi connectivity index (χ2v) is 13.1. The van der Waals surface area contributed by atoms with Crippen molar-refractivity contribution < 1.29 is 13.2 Å². The summed E-state index contributed by atoms with van der Waals surface area (Å²) in [6, 6.07) is 40.5. The summed E-state index contributed by atoms with van der Waals surface area (Å²) in [5.41, 5.74) is 8.63. The van der Waals surface area contributed by atoms with E-state index >= 15 is 0 Å². The summed E-state index contributed by atoms with van der Waals surface area (Å²) in [5.74, 6) is 0.746. The summed E-state index contributed by atoms with van der Waals surface area (Å²) >= 11 is 3.55. The second-order valence-electron chi connectivity index (χ2n) is 10.4. The van der Waals surface area contributed by atoms with Crippen LogP contribution in [0, 0.1) is 6.92 Å². The van der Waals surface area contributed by atoms with Gasteiger partial charge in [-0.1, -0.05) is 112 Å². The third-order valence-corrected chi connectivity index (χ3v) is 9.61. The van der Waals surface area contributed by atoms with Gasteiger partial charge >= 0.3 is 0 Å². The van der Waals surface area contributed by atoms with E-state index in [2.05, 4.69) is 44.9 Å². The highest BCUT2D eigenvalue weighted by atomic mass is 79.9. The number of rotatable bonds is 8. The summed E-state index contributed by atoms with van der Waals surface area (Å²) in [7, 11) is -2.24. The van der Waals surface area contributed by atoms with Crippen molar-refractivity contribution in [3.63, 3.8) is 0 Å². The van der Waals surface area contributed by atoms with E-state index in [0.717, 1.165) is 60.3 Å². The summed E-state index contributed by atoms with van der Waals surface area (Å²) in [6.07, 6.45) is 2.13. The Morgan fingerprint density at radius 1 is 0.791 bits per heavy atom. The van der Waals surface area contributed by atoms with Gasteiger partial charge < -0.3 is 4.74 Å². The maximum absolute atomic E-state index is 14.0. The predicted octanol–water partition coefficient (Wildman–Crippen LogP) is 8.84. The monoisotopic (exact) mass is 647 g/mol. The van der Waals surface area contributed by atoms with Crippen LogP contribution in [0.3, 0.4) is 0 Å². The molecule has 0 spiro atoms. The Morgan fingerprint density at radius 3 is 2.12 bits per heavy atom. The quantitative estimate of drug-likeness (QED) is 0.171. The van der Waals surface area contributed by atoms with Crippen LogP contribution in [0.4, 0.5) is 0 Å². The van der Waals surface area contributed by atoms with Crippen LogP contribution in [0.1, 0.15) is 39.4 Å². The number of methoxy groups -OCH3 is 1. The minimum Gasteiger partial charge on any atom is -0.497 e. The number of halogens is 1.